The van der Waals surface area contributed by atoms with E-state index in [1.54, 1.807) is 0 Å². The van der Waals surface area contributed by atoms with Crippen LogP contribution in [0.15, 0.2) is 4.42 Å². The zero-order chi connectivity index (χ0) is 13.0. The van der Waals surface area contributed by atoms with E-state index in [4.69, 9.17) is 14.6 Å². The molecule has 0 spiro atoms. The molecule has 0 aliphatic rings. The van der Waals surface area contributed by atoms with Crippen LogP contribution in [0.4, 0.5) is 0 Å². The Morgan fingerprint density at radius 3 is 1.53 bits per heavy atom. The van der Waals surface area contributed by atoms with Crippen LogP contribution in [-0.2, 0) is 35.3 Å². The number of carboxylic acid groups (broad SMARTS) is 2. The van der Waals surface area contributed by atoms with E-state index in [0.717, 1.165) is 11.1 Å². The van der Waals surface area contributed by atoms with Crippen LogP contribution in [0.3, 0.4) is 0 Å². The molecule has 1 heterocycles. The monoisotopic (exact) mass is 240 g/mol. The summed E-state index contributed by atoms with van der Waals surface area (Å²) in [4.78, 5) is 21.4. The second-order valence-electron chi connectivity index (χ2n) is 3.75. The maximum atomic E-state index is 10.7. The Balaban J connectivity index is 3.17. The van der Waals surface area contributed by atoms with Crippen molar-refractivity contribution in [2.75, 3.05) is 0 Å². The molecule has 0 fully saturated rings. The van der Waals surface area contributed by atoms with Crippen LogP contribution in [0, 0.1) is 0 Å². The van der Waals surface area contributed by atoms with Crippen molar-refractivity contribution < 1.29 is 24.2 Å². The molecule has 0 unspecified atom stereocenters. The topological polar surface area (TPSA) is 87.7 Å². The fourth-order valence-corrected chi connectivity index (χ4v) is 1.99. The number of furan rings is 1. The van der Waals surface area contributed by atoms with Crippen LogP contribution >= 0.6 is 0 Å². The molecule has 0 amide bonds. The van der Waals surface area contributed by atoms with Crippen LogP contribution < -0.4 is 0 Å². The summed E-state index contributed by atoms with van der Waals surface area (Å²) in [6, 6.07) is 0. The van der Waals surface area contributed by atoms with Crippen molar-refractivity contribution >= 4 is 11.9 Å². The van der Waals surface area contributed by atoms with Crippen LogP contribution in [0.5, 0.6) is 0 Å². The molecule has 0 atom stereocenters. The van der Waals surface area contributed by atoms with E-state index in [1.165, 1.54) is 0 Å². The Morgan fingerprint density at radius 2 is 1.29 bits per heavy atom. The molecule has 5 heteroatoms. The third-order valence-electron chi connectivity index (χ3n) is 2.61. The molecule has 0 bridgehead atoms. The molecule has 5 nitrogen and oxygen atoms in total. The predicted molar refractivity (Wildman–Crippen MR) is 60.1 cm³/mol. The number of aliphatic carboxylic acids is 2. The fraction of sp³-hybridized carbons (Fsp3) is 0.500. The van der Waals surface area contributed by atoms with Gasteiger partial charge in [0.05, 0.1) is 0 Å². The van der Waals surface area contributed by atoms with Gasteiger partial charge in [-0.15, -0.1) is 0 Å². The fourth-order valence-electron chi connectivity index (χ4n) is 1.99. The zero-order valence-electron chi connectivity index (χ0n) is 9.95. The van der Waals surface area contributed by atoms with E-state index in [1.807, 2.05) is 13.8 Å². The highest BCUT2D eigenvalue weighted by Crippen LogP contribution is 2.25. The lowest BCUT2D eigenvalue weighted by molar-refractivity contribution is -0.137. The lowest BCUT2D eigenvalue weighted by Gasteiger charge is -1.99. The molecular weight excluding hydrogens is 224 g/mol. The Kier molecular flexibility index (Phi) is 4.31. The van der Waals surface area contributed by atoms with E-state index >= 15 is 0 Å². The maximum Gasteiger partial charge on any atom is 0.311 e. The third kappa shape index (κ3) is 3.09. The van der Waals surface area contributed by atoms with Gasteiger partial charge in [-0.05, 0) is 24.0 Å². The van der Waals surface area contributed by atoms with Crippen molar-refractivity contribution in [2.24, 2.45) is 0 Å². The van der Waals surface area contributed by atoms with Gasteiger partial charge in [-0.3, -0.25) is 9.59 Å². The number of rotatable bonds is 6. The van der Waals surface area contributed by atoms with Gasteiger partial charge in [-0.25, -0.2) is 0 Å². The molecule has 94 valence electrons. The van der Waals surface area contributed by atoms with Crippen molar-refractivity contribution in [3.63, 3.8) is 0 Å². The molecule has 0 saturated carbocycles. The van der Waals surface area contributed by atoms with Crippen LogP contribution in [0.1, 0.15) is 36.5 Å². The summed E-state index contributed by atoms with van der Waals surface area (Å²) in [6.07, 6.45) is 0.898. The van der Waals surface area contributed by atoms with Gasteiger partial charge < -0.3 is 14.6 Å². The van der Waals surface area contributed by atoms with E-state index in [-0.39, 0.29) is 12.8 Å². The maximum absolute atomic E-state index is 10.7. The van der Waals surface area contributed by atoms with E-state index in [2.05, 4.69) is 0 Å². The standard InChI is InChI=1S/C12H16O5/c1-3-7-8(4-2)10(6-12(15)16)17-9(7)5-11(13)14/h3-6H2,1-2H3,(H,13,14)(H,15,16). The van der Waals surface area contributed by atoms with E-state index < -0.39 is 11.9 Å². The summed E-state index contributed by atoms with van der Waals surface area (Å²) in [6.45, 7) is 3.81. The first-order valence-electron chi connectivity index (χ1n) is 5.55. The van der Waals surface area contributed by atoms with E-state index in [9.17, 15) is 9.59 Å². The lowest BCUT2D eigenvalue weighted by Crippen LogP contribution is -2.02. The smallest absolute Gasteiger partial charge is 0.311 e. The lowest BCUT2D eigenvalue weighted by atomic mass is 10.0. The highest BCUT2D eigenvalue weighted by molar-refractivity contribution is 5.72. The Labute approximate surface area is 99.1 Å². The second-order valence-corrected chi connectivity index (χ2v) is 3.75. The molecule has 1 rings (SSSR count). The Morgan fingerprint density at radius 1 is 0.941 bits per heavy atom. The summed E-state index contributed by atoms with van der Waals surface area (Å²) in [5.74, 6) is -1.18. The molecule has 0 radical (unpaired) electrons. The number of hydrogen-bond acceptors (Lipinski definition) is 3. The molecule has 2 N–H and O–H groups in total. The molecule has 0 aliphatic carbocycles. The minimum Gasteiger partial charge on any atom is -0.481 e. The van der Waals surface area contributed by atoms with Crippen molar-refractivity contribution in [1.82, 2.24) is 0 Å². The Hall–Kier alpha value is -1.78. The van der Waals surface area contributed by atoms with Gasteiger partial charge in [0.2, 0.25) is 0 Å². The average Bonchev–Trinajstić information content (AvgIpc) is 2.52. The highest BCUT2D eigenvalue weighted by atomic mass is 16.4. The summed E-state index contributed by atoms with van der Waals surface area (Å²) >= 11 is 0. The molecule has 0 saturated heterocycles. The average molecular weight is 240 g/mol. The van der Waals surface area contributed by atoms with Crippen LogP contribution in [0.2, 0.25) is 0 Å². The normalized spacial score (nSPS) is 10.5. The summed E-state index contributed by atoms with van der Waals surface area (Å²) in [5.41, 5.74) is 1.68. The molecule has 1 aromatic heterocycles. The summed E-state index contributed by atoms with van der Waals surface area (Å²) in [7, 11) is 0. The molecule has 0 aliphatic heterocycles. The van der Waals surface area contributed by atoms with Crippen molar-refractivity contribution in [3.05, 3.63) is 22.6 Å². The second kappa shape index (κ2) is 5.52. The molecular formula is C12H16O5. The number of hydrogen-bond donors (Lipinski definition) is 2. The van der Waals surface area contributed by atoms with Crippen molar-refractivity contribution in [3.8, 4) is 0 Å². The quantitative estimate of drug-likeness (QED) is 0.789. The van der Waals surface area contributed by atoms with Crippen molar-refractivity contribution in [1.29, 1.82) is 0 Å². The minimum atomic E-state index is -0.974. The van der Waals surface area contributed by atoms with Crippen molar-refractivity contribution in [2.45, 2.75) is 39.5 Å². The van der Waals surface area contributed by atoms with Gasteiger partial charge in [-0.2, -0.15) is 0 Å². The first-order valence-corrected chi connectivity index (χ1v) is 5.55. The molecule has 0 aromatic carbocycles. The molecule has 17 heavy (non-hydrogen) atoms. The molecule has 1 aromatic rings. The van der Waals surface area contributed by atoms with Gasteiger partial charge in [0.25, 0.3) is 0 Å². The van der Waals surface area contributed by atoms with Gasteiger partial charge in [0.1, 0.15) is 24.4 Å². The number of carboxylic acids is 2. The van der Waals surface area contributed by atoms with Crippen LogP contribution in [0.25, 0.3) is 0 Å². The van der Waals surface area contributed by atoms with Gasteiger partial charge in [0, 0.05) is 0 Å². The van der Waals surface area contributed by atoms with Crippen LogP contribution in [-0.4, -0.2) is 22.2 Å². The third-order valence-corrected chi connectivity index (χ3v) is 2.61. The first kappa shape index (κ1) is 13.3. The van der Waals surface area contributed by atoms with Gasteiger partial charge in [0.15, 0.2) is 0 Å². The summed E-state index contributed by atoms with van der Waals surface area (Å²) < 4.78 is 5.39. The minimum absolute atomic E-state index is 0.199. The highest BCUT2D eigenvalue weighted by Gasteiger charge is 2.20. The SMILES string of the molecule is CCc1c(CC(=O)O)oc(CC(=O)O)c1CC. The van der Waals surface area contributed by atoms with Gasteiger partial charge >= 0.3 is 11.9 Å². The zero-order valence-corrected chi connectivity index (χ0v) is 9.95. The summed E-state index contributed by atoms with van der Waals surface area (Å²) in [5, 5.41) is 17.5. The van der Waals surface area contributed by atoms with Gasteiger partial charge in [-0.1, -0.05) is 13.8 Å². The Bertz CT molecular complexity index is 392. The largest absolute Gasteiger partial charge is 0.481 e. The number of carbonyl (C=O) groups is 2. The predicted octanol–water partition coefficient (Wildman–Crippen LogP) is 1.66. The first-order chi connectivity index (χ1) is 7.99. The van der Waals surface area contributed by atoms with E-state index in [0.29, 0.717) is 24.4 Å².